The van der Waals surface area contributed by atoms with Gasteiger partial charge in [-0.1, -0.05) is 15.9 Å². The van der Waals surface area contributed by atoms with Crippen LogP contribution in [0.1, 0.15) is 0 Å². The van der Waals surface area contributed by atoms with Crippen molar-refractivity contribution in [3.8, 4) is 5.75 Å². The molecular weight excluding hydrogens is 292 g/mol. The third-order valence-electron chi connectivity index (χ3n) is 2.10. The molecule has 2 atom stereocenters. The van der Waals surface area contributed by atoms with E-state index in [0.717, 1.165) is 4.47 Å². The molecule has 0 aliphatic rings. The fourth-order valence-corrected chi connectivity index (χ4v) is 1.54. The molecule has 1 rings (SSSR count). The van der Waals surface area contributed by atoms with Crippen molar-refractivity contribution in [1.29, 1.82) is 0 Å². The van der Waals surface area contributed by atoms with E-state index in [4.69, 9.17) is 19.7 Å². The van der Waals surface area contributed by atoms with Crippen molar-refractivity contribution in [3.63, 3.8) is 0 Å². The Balaban J connectivity index is 2.69. The number of methoxy groups -OCH3 is 1. The van der Waals surface area contributed by atoms with Gasteiger partial charge in [-0.3, -0.25) is 0 Å². The molecule has 0 aliphatic heterocycles. The average molecular weight is 307 g/mol. The maximum absolute atomic E-state index is 9.62. The van der Waals surface area contributed by atoms with Crippen molar-refractivity contribution in [2.24, 2.45) is 0 Å². The van der Waals surface area contributed by atoms with Gasteiger partial charge in [0.25, 0.3) is 0 Å². The molecule has 1 aromatic carbocycles. The Bertz CT molecular complexity index is 327. The van der Waals surface area contributed by atoms with Gasteiger partial charge in [-0.15, -0.1) is 0 Å². The van der Waals surface area contributed by atoms with Crippen LogP contribution in [0.25, 0.3) is 0 Å². The summed E-state index contributed by atoms with van der Waals surface area (Å²) in [5, 5.41) is 27.9. The molecule has 0 saturated carbocycles. The predicted molar refractivity (Wildman–Crippen MR) is 64.7 cm³/mol. The highest BCUT2D eigenvalue weighted by Gasteiger charge is 2.27. The molecule has 5 nitrogen and oxygen atoms in total. The van der Waals surface area contributed by atoms with Crippen molar-refractivity contribution in [2.75, 3.05) is 13.7 Å². The SMILES string of the molecule is COCC(O)C(Oc1ccc(Br)cc1)C(O)O. The van der Waals surface area contributed by atoms with Crippen LogP contribution < -0.4 is 4.74 Å². The van der Waals surface area contributed by atoms with Crippen LogP contribution >= 0.6 is 15.9 Å². The highest BCUT2D eigenvalue weighted by Crippen LogP contribution is 2.19. The third kappa shape index (κ3) is 4.61. The van der Waals surface area contributed by atoms with E-state index in [0.29, 0.717) is 5.75 Å². The summed E-state index contributed by atoms with van der Waals surface area (Å²) in [6.45, 7) is -0.0428. The molecule has 0 aromatic heterocycles. The summed E-state index contributed by atoms with van der Waals surface area (Å²) >= 11 is 3.27. The molecule has 0 saturated heterocycles. The van der Waals surface area contributed by atoms with Crippen LogP contribution in [-0.4, -0.2) is 47.5 Å². The van der Waals surface area contributed by atoms with Crippen LogP contribution in [0.3, 0.4) is 0 Å². The van der Waals surface area contributed by atoms with Crippen molar-refractivity contribution in [3.05, 3.63) is 28.7 Å². The lowest BCUT2D eigenvalue weighted by molar-refractivity contribution is -0.155. The highest BCUT2D eigenvalue weighted by atomic mass is 79.9. The number of aliphatic hydroxyl groups is 3. The molecule has 0 radical (unpaired) electrons. The quantitative estimate of drug-likeness (QED) is 0.668. The first-order valence-corrected chi connectivity index (χ1v) is 5.79. The molecule has 1 aromatic rings. The summed E-state index contributed by atoms with van der Waals surface area (Å²) in [5.74, 6) is 0.432. The summed E-state index contributed by atoms with van der Waals surface area (Å²) < 4.78 is 10.9. The van der Waals surface area contributed by atoms with E-state index >= 15 is 0 Å². The summed E-state index contributed by atoms with van der Waals surface area (Å²) in [4.78, 5) is 0. The highest BCUT2D eigenvalue weighted by molar-refractivity contribution is 9.10. The standard InChI is InChI=1S/C11H15BrO5/c1-16-6-9(13)10(11(14)15)17-8-4-2-7(12)3-5-8/h2-5,9-11,13-15H,6H2,1H3. The molecule has 0 amide bonds. The minimum Gasteiger partial charge on any atom is -0.482 e. The van der Waals surface area contributed by atoms with E-state index in [1.54, 1.807) is 24.3 Å². The normalized spacial score (nSPS) is 14.7. The minimum atomic E-state index is -1.79. The van der Waals surface area contributed by atoms with Gasteiger partial charge in [-0.2, -0.15) is 0 Å². The van der Waals surface area contributed by atoms with E-state index in [1.807, 2.05) is 0 Å². The number of benzene rings is 1. The van der Waals surface area contributed by atoms with Gasteiger partial charge < -0.3 is 24.8 Å². The molecule has 0 aliphatic carbocycles. The molecule has 0 fully saturated rings. The van der Waals surface area contributed by atoms with E-state index in [1.165, 1.54) is 7.11 Å². The molecule has 2 unspecified atom stereocenters. The van der Waals surface area contributed by atoms with Crippen LogP contribution in [0.5, 0.6) is 5.75 Å². The Morgan fingerprint density at radius 1 is 1.18 bits per heavy atom. The van der Waals surface area contributed by atoms with Crippen molar-refractivity contribution < 1.29 is 24.8 Å². The predicted octanol–water partition coefficient (Wildman–Crippen LogP) is 0.514. The molecular formula is C11H15BrO5. The van der Waals surface area contributed by atoms with E-state index in [9.17, 15) is 5.11 Å². The van der Waals surface area contributed by atoms with Crippen LogP contribution in [0.4, 0.5) is 0 Å². The summed E-state index contributed by atoms with van der Waals surface area (Å²) in [5.41, 5.74) is 0. The van der Waals surface area contributed by atoms with Crippen LogP contribution in [0.15, 0.2) is 28.7 Å². The number of hydrogen-bond acceptors (Lipinski definition) is 5. The molecule has 17 heavy (non-hydrogen) atoms. The Labute approximate surface area is 108 Å². The van der Waals surface area contributed by atoms with Gasteiger partial charge >= 0.3 is 0 Å². The number of aliphatic hydroxyl groups excluding tert-OH is 2. The minimum absolute atomic E-state index is 0.0428. The first-order chi connectivity index (χ1) is 8.04. The van der Waals surface area contributed by atoms with Crippen molar-refractivity contribution >= 4 is 15.9 Å². The summed E-state index contributed by atoms with van der Waals surface area (Å²) in [6, 6.07) is 6.80. The largest absolute Gasteiger partial charge is 0.482 e. The second-order valence-electron chi connectivity index (χ2n) is 3.47. The average Bonchev–Trinajstić information content (AvgIpc) is 2.28. The van der Waals surface area contributed by atoms with E-state index in [2.05, 4.69) is 15.9 Å². The summed E-state index contributed by atoms with van der Waals surface area (Å²) in [6.07, 6.45) is -4.07. The maximum atomic E-state index is 9.62. The second-order valence-corrected chi connectivity index (χ2v) is 4.39. The Morgan fingerprint density at radius 3 is 2.24 bits per heavy atom. The fraction of sp³-hybridized carbons (Fsp3) is 0.455. The maximum Gasteiger partial charge on any atom is 0.192 e. The van der Waals surface area contributed by atoms with Gasteiger partial charge in [-0.05, 0) is 24.3 Å². The van der Waals surface area contributed by atoms with Gasteiger partial charge in [0.2, 0.25) is 0 Å². The van der Waals surface area contributed by atoms with Crippen LogP contribution in [0, 0.1) is 0 Å². The van der Waals surface area contributed by atoms with Gasteiger partial charge in [0, 0.05) is 11.6 Å². The lowest BCUT2D eigenvalue weighted by atomic mass is 10.2. The molecule has 0 bridgehead atoms. The zero-order valence-electron chi connectivity index (χ0n) is 9.28. The molecule has 0 spiro atoms. The van der Waals surface area contributed by atoms with Crippen molar-refractivity contribution in [1.82, 2.24) is 0 Å². The zero-order chi connectivity index (χ0) is 12.8. The monoisotopic (exact) mass is 306 g/mol. The zero-order valence-corrected chi connectivity index (χ0v) is 10.9. The lowest BCUT2D eigenvalue weighted by Crippen LogP contribution is -2.44. The molecule has 0 heterocycles. The third-order valence-corrected chi connectivity index (χ3v) is 2.62. The number of rotatable bonds is 6. The summed E-state index contributed by atoms with van der Waals surface area (Å²) in [7, 11) is 1.41. The van der Waals surface area contributed by atoms with Crippen molar-refractivity contribution in [2.45, 2.75) is 18.5 Å². The number of hydrogen-bond donors (Lipinski definition) is 3. The van der Waals surface area contributed by atoms with E-state index in [-0.39, 0.29) is 6.61 Å². The van der Waals surface area contributed by atoms with Gasteiger partial charge in [0.15, 0.2) is 12.4 Å². The Hall–Kier alpha value is -0.660. The smallest absolute Gasteiger partial charge is 0.192 e. The second kappa shape index (κ2) is 6.93. The fourth-order valence-electron chi connectivity index (χ4n) is 1.27. The number of halogens is 1. The molecule has 6 heteroatoms. The van der Waals surface area contributed by atoms with Gasteiger partial charge in [-0.25, -0.2) is 0 Å². The Kier molecular flexibility index (Phi) is 5.87. The molecule has 96 valence electrons. The van der Waals surface area contributed by atoms with Gasteiger partial charge in [0.05, 0.1) is 6.61 Å². The molecule has 3 N–H and O–H groups in total. The first kappa shape index (κ1) is 14.4. The first-order valence-electron chi connectivity index (χ1n) is 5.00. The van der Waals surface area contributed by atoms with Crippen LogP contribution in [-0.2, 0) is 4.74 Å². The Morgan fingerprint density at radius 2 is 1.76 bits per heavy atom. The lowest BCUT2D eigenvalue weighted by Gasteiger charge is -2.25. The number of ether oxygens (including phenoxy) is 2. The van der Waals surface area contributed by atoms with E-state index < -0.39 is 18.5 Å². The topological polar surface area (TPSA) is 79.2 Å². The van der Waals surface area contributed by atoms with Gasteiger partial charge in [0.1, 0.15) is 11.9 Å². The van der Waals surface area contributed by atoms with Crippen LogP contribution in [0.2, 0.25) is 0 Å².